The van der Waals surface area contributed by atoms with Crippen LogP contribution >= 0.6 is 0 Å². The lowest BCUT2D eigenvalue weighted by Crippen LogP contribution is -2.33. The van der Waals surface area contributed by atoms with Crippen LogP contribution in [0.4, 0.5) is 4.39 Å². The zero-order valence-corrected chi connectivity index (χ0v) is 12.4. The third-order valence-electron chi connectivity index (χ3n) is 3.21. The molecule has 116 valence electrons. The van der Waals surface area contributed by atoms with Gasteiger partial charge in [-0.3, -0.25) is 4.79 Å². The Kier molecular flexibility index (Phi) is 5.91. The molecule has 0 spiro atoms. The average Bonchev–Trinajstić information content (AvgIpc) is 2.55. The minimum absolute atomic E-state index is 0.132. The van der Waals surface area contributed by atoms with Crippen LogP contribution in [0.5, 0.6) is 5.75 Å². The van der Waals surface area contributed by atoms with E-state index < -0.39 is 0 Å². The van der Waals surface area contributed by atoms with Crippen LogP contribution in [0, 0.1) is 5.82 Å². The van der Waals surface area contributed by atoms with Gasteiger partial charge in [-0.05, 0) is 23.8 Å². The molecule has 0 unspecified atom stereocenters. The van der Waals surface area contributed by atoms with E-state index in [2.05, 4.69) is 10.6 Å². The molecule has 2 N–H and O–H groups in total. The first-order chi connectivity index (χ1) is 10.7. The quantitative estimate of drug-likeness (QED) is 0.825. The Morgan fingerprint density at radius 3 is 2.50 bits per heavy atom. The fourth-order valence-electron chi connectivity index (χ4n) is 1.96. The second kappa shape index (κ2) is 8.14. The highest BCUT2D eigenvalue weighted by Gasteiger charge is 2.03. The van der Waals surface area contributed by atoms with E-state index in [1.54, 1.807) is 25.3 Å². The van der Waals surface area contributed by atoms with Crippen LogP contribution in [0.2, 0.25) is 0 Å². The van der Waals surface area contributed by atoms with E-state index in [0.29, 0.717) is 18.7 Å². The maximum atomic E-state index is 13.4. The zero-order chi connectivity index (χ0) is 15.8. The molecular weight excluding hydrogens is 283 g/mol. The zero-order valence-electron chi connectivity index (χ0n) is 12.4. The van der Waals surface area contributed by atoms with Gasteiger partial charge >= 0.3 is 0 Å². The fraction of sp³-hybridized carbons (Fsp3) is 0.235. The summed E-state index contributed by atoms with van der Waals surface area (Å²) in [6.07, 6.45) is 0. The van der Waals surface area contributed by atoms with Crippen molar-refractivity contribution in [3.63, 3.8) is 0 Å². The van der Waals surface area contributed by atoms with Crippen LogP contribution in [0.25, 0.3) is 0 Å². The molecule has 0 aliphatic rings. The molecule has 0 atom stereocenters. The number of benzene rings is 2. The molecule has 0 aromatic heterocycles. The van der Waals surface area contributed by atoms with Gasteiger partial charge in [-0.15, -0.1) is 0 Å². The van der Waals surface area contributed by atoms with Gasteiger partial charge in [0.2, 0.25) is 5.91 Å². The van der Waals surface area contributed by atoms with Gasteiger partial charge in [0.1, 0.15) is 11.6 Å². The number of amides is 1. The third-order valence-corrected chi connectivity index (χ3v) is 3.21. The van der Waals surface area contributed by atoms with Crippen molar-refractivity contribution in [2.24, 2.45) is 0 Å². The number of halogens is 1. The van der Waals surface area contributed by atoms with E-state index in [0.717, 1.165) is 11.3 Å². The summed E-state index contributed by atoms with van der Waals surface area (Å²) in [4.78, 5) is 11.7. The van der Waals surface area contributed by atoms with Gasteiger partial charge in [0.05, 0.1) is 13.7 Å². The Morgan fingerprint density at radius 2 is 1.82 bits per heavy atom. The molecule has 0 aliphatic heterocycles. The Labute approximate surface area is 129 Å². The minimum Gasteiger partial charge on any atom is -0.497 e. The highest BCUT2D eigenvalue weighted by atomic mass is 19.1. The normalized spacial score (nSPS) is 10.3. The fourth-order valence-corrected chi connectivity index (χ4v) is 1.96. The summed E-state index contributed by atoms with van der Waals surface area (Å²) >= 11 is 0. The van der Waals surface area contributed by atoms with Crippen molar-refractivity contribution < 1.29 is 13.9 Å². The van der Waals surface area contributed by atoms with Crippen molar-refractivity contribution in [2.75, 3.05) is 13.7 Å². The number of hydrogen-bond acceptors (Lipinski definition) is 3. The standard InChI is InChI=1S/C17H19FN2O2/c1-22-15-8-6-13(7-9-15)10-20-17(21)12-19-11-14-4-2-3-5-16(14)18/h2-9,19H,10-12H2,1H3,(H,20,21). The SMILES string of the molecule is COc1ccc(CNC(=O)CNCc2ccccc2F)cc1. The monoisotopic (exact) mass is 302 g/mol. The van der Waals surface area contributed by atoms with Crippen molar-refractivity contribution in [1.29, 1.82) is 0 Å². The first kappa shape index (κ1) is 16.0. The lowest BCUT2D eigenvalue weighted by molar-refractivity contribution is -0.120. The second-order valence-corrected chi connectivity index (χ2v) is 4.82. The molecule has 1 amide bonds. The van der Waals surface area contributed by atoms with E-state index in [4.69, 9.17) is 4.74 Å². The van der Waals surface area contributed by atoms with E-state index in [1.807, 2.05) is 24.3 Å². The lowest BCUT2D eigenvalue weighted by Gasteiger charge is -2.08. The highest BCUT2D eigenvalue weighted by molar-refractivity contribution is 5.77. The van der Waals surface area contributed by atoms with Crippen LogP contribution in [-0.2, 0) is 17.9 Å². The number of methoxy groups -OCH3 is 1. The van der Waals surface area contributed by atoms with E-state index >= 15 is 0 Å². The van der Waals surface area contributed by atoms with Gasteiger partial charge in [0, 0.05) is 18.7 Å². The molecule has 22 heavy (non-hydrogen) atoms. The first-order valence-corrected chi connectivity index (χ1v) is 7.03. The summed E-state index contributed by atoms with van der Waals surface area (Å²) in [5.41, 5.74) is 1.54. The van der Waals surface area contributed by atoms with Crippen molar-refractivity contribution in [3.8, 4) is 5.75 Å². The van der Waals surface area contributed by atoms with Crippen LogP contribution in [-0.4, -0.2) is 19.6 Å². The minimum atomic E-state index is -0.270. The van der Waals surface area contributed by atoms with Crippen molar-refractivity contribution >= 4 is 5.91 Å². The Balaban J connectivity index is 1.70. The van der Waals surface area contributed by atoms with E-state index in [9.17, 15) is 9.18 Å². The highest BCUT2D eigenvalue weighted by Crippen LogP contribution is 2.10. The molecule has 0 heterocycles. The number of nitrogens with one attached hydrogen (secondary N) is 2. The molecule has 2 aromatic carbocycles. The van der Waals surface area contributed by atoms with Crippen molar-refractivity contribution in [2.45, 2.75) is 13.1 Å². The predicted molar refractivity (Wildman–Crippen MR) is 82.9 cm³/mol. The number of ether oxygens (including phenoxy) is 1. The number of hydrogen-bond donors (Lipinski definition) is 2. The maximum absolute atomic E-state index is 13.4. The summed E-state index contributed by atoms with van der Waals surface area (Å²) in [6.45, 7) is 0.914. The third kappa shape index (κ3) is 4.86. The summed E-state index contributed by atoms with van der Waals surface area (Å²) in [7, 11) is 1.61. The number of rotatable bonds is 7. The molecule has 0 saturated carbocycles. The molecule has 0 radical (unpaired) electrons. The first-order valence-electron chi connectivity index (χ1n) is 7.03. The molecule has 0 bridgehead atoms. The summed E-state index contributed by atoms with van der Waals surface area (Å²) in [6, 6.07) is 14.0. The van der Waals surface area contributed by atoms with Gasteiger partial charge in [-0.25, -0.2) is 4.39 Å². The summed E-state index contributed by atoms with van der Waals surface area (Å²) in [5, 5.41) is 5.73. The molecule has 2 rings (SSSR count). The molecule has 2 aromatic rings. The van der Waals surface area contributed by atoms with E-state index in [-0.39, 0.29) is 18.3 Å². The Morgan fingerprint density at radius 1 is 1.09 bits per heavy atom. The molecule has 0 aliphatic carbocycles. The molecular formula is C17H19FN2O2. The van der Waals surface area contributed by atoms with Gasteiger partial charge in [-0.2, -0.15) is 0 Å². The number of carbonyl (C=O) groups excluding carboxylic acids is 1. The topological polar surface area (TPSA) is 50.4 Å². The smallest absolute Gasteiger partial charge is 0.234 e. The van der Waals surface area contributed by atoms with Crippen LogP contribution in [0.15, 0.2) is 48.5 Å². The largest absolute Gasteiger partial charge is 0.497 e. The van der Waals surface area contributed by atoms with Crippen molar-refractivity contribution in [1.82, 2.24) is 10.6 Å². The predicted octanol–water partition coefficient (Wildman–Crippen LogP) is 2.24. The number of carbonyl (C=O) groups is 1. The molecule has 0 fully saturated rings. The van der Waals surface area contributed by atoms with E-state index in [1.165, 1.54) is 6.07 Å². The van der Waals surface area contributed by atoms with Crippen molar-refractivity contribution in [3.05, 3.63) is 65.5 Å². The Bertz CT molecular complexity index is 614. The molecule has 0 saturated heterocycles. The lowest BCUT2D eigenvalue weighted by atomic mass is 10.2. The van der Waals surface area contributed by atoms with Crippen LogP contribution in [0.3, 0.4) is 0 Å². The maximum Gasteiger partial charge on any atom is 0.234 e. The average molecular weight is 302 g/mol. The van der Waals surface area contributed by atoms with Crippen LogP contribution in [0.1, 0.15) is 11.1 Å². The van der Waals surface area contributed by atoms with Crippen LogP contribution < -0.4 is 15.4 Å². The van der Waals surface area contributed by atoms with Gasteiger partial charge < -0.3 is 15.4 Å². The molecule has 4 nitrogen and oxygen atoms in total. The Hall–Kier alpha value is -2.40. The summed E-state index contributed by atoms with van der Waals surface area (Å²) < 4.78 is 18.5. The molecule has 5 heteroatoms. The van der Waals surface area contributed by atoms with Gasteiger partial charge in [0.15, 0.2) is 0 Å². The van der Waals surface area contributed by atoms with Gasteiger partial charge in [0.25, 0.3) is 0 Å². The summed E-state index contributed by atoms with van der Waals surface area (Å²) in [5.74, 6) is 0.377. The van der Waals surface area contributed by atoms with Gasteiger partial charge in [-0.1, -0.05) is 30.3 Å². The second-order valence-electron chi connectivity index (χ2n) is 4.82.